The van der Waals surface area contributed by atoms with Gasteiger partial charge in [0.15, 0.2) is 4.93 Å². The Hall–Kier alpha value is -1.45. The number of rotatable bonds is 4. The third-order valence-corrected chi connectivity index (χ3v) is 5.85. The molecule has 0 aliphatic carbocycles. The lowest BCUT2D eigenvalue weighted by Gasteiger charge is -2.15. The van der Waals surface area contributed by atoms with Crippen LogP contribution in [0.2, 0.25) is 0 Å². The zero-order valence-corrected chi connectivity index (χ0v) is 12.5. The molecule has 1 fully saturated rings. The Morgan fingerprint density at radius 1 is 0.950 bits per heavy atom. The Morgan fingerprint density at radius 3 is 1.95 bits per heavy atom. The van der Waals surface area contributed by atoms with Gasteiger partial charge in [0.25, 0.3) is 0 Å². The molecule has 2 aromatic rings. The van der Waals surface area contributed by atoms with Crippen LogP contribution in [0, 0.1) is 0 Å². The van der Waals surface area contributed by atoms with Gasteiger partial charge in [-0.1, -0.05) is 48.5 Å². The molecule has 0 spiro atoms. The van der Waals surface area contributed by atoms with E-state index in [-0.39, 0.29) is 5.60 Å². The van der Waals surface area contributed by atoms with Crippen LogP contribution in [-0.4, -0.2) is 14.7 Å². The van der Waals surface area contributed by atoms with Crippen LogP contribution in [0.15, 0.2) is 65.6 Å². The number of benzene rings is 2. The van der Waals surface area contributed by atoms with Crippen LogP contribution in [-0.2, 0) is 22.0 Å². The minimum Gasteiger partial charge on any atom is -0.348 e. The van der Waals surface area contributed by atoms with Crippen molar-refractivity contribution in [2.75, 3.05) is 0 Å². The fourth-order valence-corrected chi connectivity index (χ4v) is 4.37. The Bertz CT molecular complexity index is 622. The van der Waals surface area contributed by atoms with E-state index in [2.05, 4.69) is 12.1 Å². The molecule has 2 nitrogen and oxygen atoms in total. The molecule has 2 atom stereocenters. The lowest BCUT2D eigenvalue weighted by atomic mass is 10.0. The summed E-state index contributed by atoms with van der Waals surface area (Å²) in [5, 5.41) is 0. The monoisotopic (exact) mass is 286 g/mol. The summed E-state index contributed by atoms with van der Waals surface area (Å²) in [4.78, 5) is 0.212. The maximum atomic E-state index is 12.9. The second-order valence-electron chi connectivity index (χ2n) is 5.61. The largest absolute Gasteiger partial charge is 0.348 e. The molecule has 3 heteroatoms. The van der Waals surface area contributed by atoms with Crippen molar-refractivity contribution in [3.8, 4) is 0 Å². The van der Waals surface area contributed by atoms with Gasteiger partial charge >= 0.3 is 0 Å². The molecule has 0 amide bonds. The highest BCUT2D eigenvalue weighted by Gasteiger charge is 2.68. The Kier molecular flexibility index (Phi) is 3.27. The van der Waals surface area contributed by atoms with Crippen molar-refractivity contribution in [3.05, 3.63) is 66.2 Å². The van der Waals surface area contributed by atoms with Gasteiger partial charge in [0, 0.05) is 11.3 Å². The highest BCUT2D eigenvalue weighted by Crippen LogP contribution is 2.53. The number of hydrogen-bond donors (Lipinski definition) is 0. The standard InChI is InChI=1S/C17H18O2S/c1-16(2)17(19-16,13-14-9-5-3-6-10-14)20(18)15-11-7-4-8-12-15/h3-12H,13H2,1-2H3. The summed E-state index contributed by atoms with van der Waals surface area (Å²) >= 11 is 0. The van der Waals surface area contributed by atoms with Gasteiger partial charge in [-0.2, -0.15) is 0 Å². The van der Waals surface area contributed by atoms with Crippen LogP contribution in [0.4, 0.5) is 0 Å². The van der Waals surface area contributed by atoms with E-state index < -0.39 is 15.7 Å². The second-order valence-corrected chi connectivity index (χ2v) is 7.28. The molecule has 0 radical (unpaired) electrons. The van der Waals surface area contributed by atoms with Gasteiger partial charge in [0.2, 0.25) is 0 Å². The highest BCUT2D eigenvalue weighted by atomic mass is 32.2. The average molecular weight is 286 g/mol. The lowest BCUT2D eigenvalue weighted by molar-refractivity contribution is 0.311. The molecule has 20 heavy (non-hydrogen) atoms. The van der Waals surface area contributed by atoms with E-state index in [1.807, 2.05) is 62.4 Å². The van der Waals surface area contributed by atoms with Crippen LogP contribution in [0.1, 0.15) is 19.4 Å². The van der Waals surface area contributed by atoms with Gasteiger partial charge in [-0.15, -0.1) is 0 Å². The van der Waals surface area contributed by atoms with Gasteiger partial charge < -0.3 is 4.74 Å². The fourth-order valence-electron chi connectivity index (χ4n) is 2.56. The van der Waals surface area contributed by atoms with Crippen LogP contribution < -0.4 is 0 Å². The van der Waals surface area contributed by atoms with Crippen molar-refractivity contribution in [2.24, 2.45) is 0 Å². The zero-order chi connectivity index (χ0) is 14.2. The summed E-state index contributed by atoms with van der Waals surface area (Å²) in [5.74, 6) is 0. The van der Waals surface area contributed by atoms with Crippen molar-refractivity contribution in [1.82, 2.24) is 0 Å². The first-order valence-electron chi connectivity index (χ1n) is 6.76. The normalized spacial score (nSPS) is 25.1. The molecule has 2 unspecified atom stereocenters. The molecular formula is C17H18O2S. The molecule has 1 heterocycles. The number of hydrogen-bond acceptors (Lipinski definition) is 2. The molecule has 104 valence electrons. The SMILES string of the molecule is CC1(C)OC1(Cc1ccccc1)S(=O)c1ccccc1. The molecule has 0 saturated carbocycles. The van der Waals surface area contributed by atoms with Gasteiger partial charge in [0.05, 0.1) is 10.8 Å². The highest BCUT2D eigenvalue weighted by molar-refractivity contribution is 7.86. The molecule has 0 bridgehead atoms. The van der Waals surface area contributed by atoms with E-state index in [0.717, 1.165) is 10.5 Å². The van der Waals surface area contributed by atoms with E-state index in [1.54, 1.807) is 0 Å². The third-order valence-electron chi connectivity index (χ3n) is 3.83. The van der Waals surface area contributed by atoms with Crippen molar-refractivity contribution in [2.45, 2.75) is 35.7 Å². The van der Waals surface area contributed by atoms with Crippen molar-refractivity contribution in [3.63, 3.8) is 0 Å². The van der Waals surface area contributed by atoms with E-state index in [0.29, 0.717) is 6.42 Å². The topological polar surface area (TPSA) is 29.6 Å². The van der Waals surface area contributed by atoms with E-state index in [1.165, 1.54) is 0 Å². The minimum absolute atomic E-state index is 0.358. The first-order chi connectivity index (χ1) is 9.55. The molecule has 0 N–H and O–H groups in total. The predicted octanol–water partition coefficient (Wildman–Crippen LogP) is 3.54. The summed E-state index contributed by atoms with van der Waals surface area (Å²) in [6.45, 7) is 4.02. The smallest absolute Gasteiger partial charge is 0.180 e. The van der Waals surface area contributed by atoms with Crippen molar-refractivity contribution < 1.29 is 8.95 Å². The van der Waals surface area contributed by atoms with Crippen LogP contribution in [0.25, 0.3) is 0 Å². The maximum absolute atomic E-state index is 12.9. The van der Waals surface area contributed by atoms with Crippen molar-refractivity contribution in [1.29, 1.82) is 0 Å². The summed E-state index contributed by atoms with van der Waals surface area (Å²) in [6, 6.07) is 19.7. The van der Waals surface area contributed by atoms with E-state index >= 15 is 0 Å². The van der Waals surface area contributed by atoms with Gasteiger partial charge in [-0.05, 0) is 31.5 Å². The molecule has 1 aliphatic heterocycles. The Labute approximate surface area is 122 Å². The fraction of sp³-hybridized carbons (Fsp3) is 0.294. The molecule has 2 aromatic carbocycles. The summed E-state index contributed by atoms with van der Waals surface area (Å²) in [5.41, 5.74) is 0.797. The van der Waals surface area contributed by atoms with Gasteiger partial charge in [-0.3, -0.25) is 4.21 Å². The van der Waals surface area contributed by atoms with E-state index in [9.17, 15) is 4.21 Å². The molecular weight excluding hydrogens is 268 g/mol. The second kappa shape index (κ2) is 4.83. The first-order valence-corrected chi connectivity index (χ1v) is 7.91. The maximum Gasteiger partial charge on any atom is 0.180 e. The van der Waals surface area contributed by atoms with Gasteiger partial charge in [-0.25, -0.2) is 0 Å². The number of ether oxygens (including phenoxy) is 1. The molecule has 1 aliphatic rings. The Balaban J connectivity index is 1.93. The molecule has 0 aromatic heterocycles. The quantitative estimate of drug-likeness (QED) is 0.805. The van der Waals surface area contributed by atoms with Crippen molar-refractivity contribution >= 4 is 10.8 Å². The van der Waals surface area contributed by atoms with Crippen LogP contribution in [0.3, 0.4) is 0 Å². The lowest BCUT2D eigenvalue weighted by Crippen LogP contribution is -2.29. The predicted molar refractivity (Wildman–Crippen MR) is 80.9 cm³/mol. The molecule has 1 saturated heterocycles. The molecule has 3 rings (SSSR count). The minimum atomic E-state index is -1.17. The summed E-state index contributed by atoms with van der Waals surface area (Å²) in [6.07, 6.45) is 0.669. The average Bonchev–Trinajstić information content (AvgIpc) is 3.02. The summed E-state index contributed by atoms with van der Waals surface area (Å²) < 4.78 is 18.8. The van der Waals surface area contributed by atoms with E-state index in [4.69, 9.17) is 4.74 Å². The Morgan fingerprint density at radius 2 is 1.45 bits per heavy atom. The van der Waals surface area contributed by atoms with Crippen LogP contribution >= 0.6 is 0 Å². The zero-order valence-electron chi connectivity index (χ0n) is 11.7. The first kappa shape index (κ1) is 13.5. The summed E-state index contributed by atoms with van der Waals surface area (Å²) in [7, 11) is -1.17. The van der Waals surface area contributed by atoms with Gasteiger partial charge in [0.1, 0.15) is 5.60 Å². The third kappa shape index (κ3) is 2.21. The number of epoxide rings is 1. The van der Waals surface area contributed by atoms with Crippen LogP contribution in [0.5, 0.6) is 0 Å².